The summed E-state index contributed by atoms with van der Waals surface area (Å²) in [5.74, 6) is 0.739. The molecule has 128 valence electrons. The molecule has 2 rings (SSSR count). The zero-order chi connectivity index (χ0) is 18.6. The van der Waals surface area contributed by atoms with Crippen LogP contribution in [0.15, 0.2) is 40.8 Å². The van der Waals surface area contributed by atoms with E-state index >= 15 is 0 Å². The second kappa shape index (κ2) is 8.73. The number of rotatable bonds is 5. The molecule has 2 aromatic rings. The molecule has 0 bridgehead atoms. The standard InChI is InChI=1S/C19H16Cl2N2S2/c1-11-5-13(7-14(9-22)19(23)24)12(2)15(6-11)10-25-18-8-16(20)3-4-17(18)21/h3-8H,10H2,1-2H3,(H2,23,24)/b14-7+. The number of aryl methyl sites for hydroxylation is 1. The van der Waals surface area contributed by atoms with Crippen molar-refractivity contribution in [1.82, 2.24) is 0 Å². The van der Waals surface area contributed by atoms with Crippen LogP contribution >= 0.6 is 47.2 Å². The first-order valence-electron chi connectivity index (χ1n) is 7.41. The van der Waals surface area contributed by atoms with Crippen LogP contribution in [0.5, 0.6) is 0 Å². The number of nitrogens with two attached hydrogens (primary N) is 1. The van der Waals surface area contributed by atoms with Crippen LogP contribution in [0.4, 0.5) is 0 Å². The number of hydrogen-bond acceptors (Lipinski definition) is 3. The Kier molecular flexibility index (Phi) is 6.92. The van der Waals surface area contributed by atoms with Crippen molar-refractivity contribution in [2.45, 2.75) is 24.5 Å². The van der Waals surface area contributed by atoms with Gasteiger partial charge in [0.05, 0.1) is 10.6 Å². The molecule has 0 saturated carbocycles. The van der Waals surface area contributed by atoms with Gasteiger partial charge in [-0.2, -0.15) is 5.26 Å². The fourth-order valence-electron chi connectivity index (χ4n) is 2.32. The summed E-state index contributed by atoms with van der Waals surface area (Å²) >= 11 is 18.8. The SMILES string of the molecule is Cc1cc(/C=C(\C#N)C(N)=S)c(C)c(CSc2cc(Cl)ccc2Cl)c1. The van der Waals surface area contributed by atoms with E-state index < -0.39 is 0 Å². The summed E-state index contributed by atoms with van der Waals surface area (Å²) in [5.41, 5.74) is 10.2. The van der Waals surface area contributed by atoms with E-state index in [2.05, 4.69) is 6.07 Å². The van der Waals surface area contributed by atoms with Gasteiger partial charge in [0.15, 0.2) is 0 Å². The van der Waals surface area contributed by atoms with E-state index in [4.69, 9.17) is 41.2 Å². The van der Waals surface area contributed by atoms with Crippen molar-refractivity contribution in [3.8, 4) is 6.07 Å². The summed E-state index contributed by atoms with van der Waals surface area (Å²) in [6, 6.07) is 11.6. The summed E-state index contributed by atoms with van der Waals surface area (Å²) in [5, 5.41) is 10.5. The summed E-state index contributed by atoms with van der Waals surface area (Å²) in [7, 11) is 0. The molecule has 0 atom stereocenters. The van der Waals surface area contributed by atoms with E-state index in [1.165, 1.54) is 0 Å². The van der Waals surface area contributed by atoms with E-state index in [-0.39, 0.29) is 4.99 Å². The average molecular weight is 407 g/mol. The first-order valence-corrected chi connectivity index (χ1v) is 9.56. The number of hydrogen-bond donors (Lipinski definition) is 1. The van der Waals surface area contributed by atoms with Crippen LogP contribution in [0, 0.1) is 25.2 Å². The monoisotopic (exact) mass is 406 g/mol. The lowest BCUT2D eigenvalue weighted by atomic mass is 9.98. The molecule has 0 fully saturated rings. The van der Waals surface area contributed by atoms with Gasteiger partial charge in [-0.15, -0.1) is 11.8 Å². The first kappa shape index (κ1) is 19.8. The number of benzene rings is 2. The molecule has 0 aliphatic heterocycles. The Hall–Kier alpha value is -1.51. The topological polar surface area (TPSA) is 49.8 Å². The normalized spacial score (nSPS) is 11.2. The molecular weight excluding hydrogens is 391 g/mol. The van der Waals surface area contributed by atoms with Gasteiger partial charge in [-0.25, -0.2) is 0 Å². The molecular formula is C19H16Cl2N2S2. The van der Waals surface area contributed by atoms with E-state index in [0.29, 0.717) is 15.6 Å². The minimum absolute atomic E-state index is 0.102. The van der Waals surface area contributed by atoms with E-state index in [1.807, 2.05) is 32.0 Å². The first-order chi connectivity index (χ1) is 11.8. The predicted octanol–water partition coefficient (Wildman–Crippen LogP) is 6.10. The van der Waals surface area contributed by atoms with Gasteiger partial charge in [-0.05, 0) is 54.8 Å². The van der Waals surface area contributed by atoms with Crippen molar-refractivity contribution in [2.75, 3.05) is 0 Å². The lowest BCUT2D eigenvalue weighted by Gasteiger charge is -2.12. The van der Waals surface area contributed by atoms with Gasteiger partial charge in [0.1, 0.15) is 11.1 Å². The highest BCUT2D eigenvalue weighted by molar-refractivity contribution is 7.98. The Morgan fingerprint density at radius 1 is 1.28 bits per heavy atom. The Morgan fingerprint density at radius 2 is 2.00 bits per heavy atom. The van der Waals surface area contributed by atoms with Gasteiger partial charge in [-0.1, -0.05) is 53.1 Å². The minimum atomic E-state index is 0.102. The summed E-state index contributed by atoms with van der Waals surface area (Å²) < 4.78 is 0. The Bertz CT molecular complexity index is 899. The second-order valence-electron chi connectivity index (χ2n) is 5.54. The van der Waals surface area contributed by atoms with Crippen LogP contribution < -0.4 is 5.73 Å². The third-order valence-corrected chi connectivity index (χ3v) is 5.66. The van der Waals surface area contributed by atoms with Crippen LogP contribution in [0.25, 0.3) is 6.08 Å². The molecule has 2 aromatic carbocycles. The van der Waals surface area contributed by atoms with Crippen molar-refractivity contribution < 1.29 is 0 Å². The molecule has 2 nitrogen and oxygen atoms in total. The Balaban J connectivity index is 2.35. The zero-order valence-electron chi connectivity index (χ0n) is 13.8. The lowest BCUT2D eigenvalue weighted by Crippen LogP contribution is -2.10. The molecule has 0 spiro atoms. The molecule has 0 aliphatic carbocycles. The molecule has 2 N–H and O–H groups in total. The van der Waals surface area contributed by atoms with Crippen LogP contribution in [0.2, 0.25) is 10.0 Å². The fourth-order valence-corrected chi connectivity index (χ4v) is 3.97. The quantitative estimate of drug-likeness (QED) is 0.282. The van der Waals surface area contributed by atoms with Crippen molar-refractivity contribution in [1.29, 1.82) is 5.26 Å². The number of thiocarbonyl (C=S) groups is 1. The summed E-state index contributed by atoms with van der Waals surface area (Å²) in [4.78, 5) is 1.04. The lowest BCUT2D eigenvalue weighted by molar-refractivity contribution is 1.25. The van der Waals surface area contributed by atoms with Gasteiger partial charge >= 0.3 is 0 Å². The maximum Gasteiger partial charge on any atom is 0.114 e. The van der Waals surface area contributed by atoms with Crippen LogP contribution in [0.1, 0.15) is 22.3 Å². The van der Waals surface area contributed by atoms with Gasteiger partial charge in [0.2, 0.25) is 0 Å². The molecule has 0 unspecified atom stereocenters. The van der Waals surface area contributed by atoms with Crippen LogP contribution in [0.3, 0.4) is 0 Å². The number of thioether (sulfide) groups is 1. The predicted molar refractivity (Wildman–Crippen MR) is 112 cm³/mol. The number of nitriles is 1. The van der Waals surface area contributed by atoms with E-state index in [9.17, 15) is 5.26 Å². The average Bonchev–Trinajstić information content (AvgIpc) is 2.56. The maximum absolute atomic E-state index is 9.18. The molecule has 0 aliphatic rings. The second-order valence-corrected chi connectivity index (χ2v) is 7.84. The molecule has 0 aromatic heterocycles. The summed E-state index contributed by atoms with van der Waals surface area (Å²) in [6.45, 7) is 4.04. The Labute approximate surface area is 167 Å². The smallest absolute Gasteiger partial charge is 0.114 e. The van der Waals surface area contributed by atoms with Crippen molar-refractivity contribution in [2.24, 2.45) is 5.73 Å². The third-order valence-electron chi connectivity index (χ3n) is 3.66. The van der Waals surface area contributed by atoms with Gasteiger partial charge in [0.25, 0.3) is 0 Å². The highest BCUT2D eigenvalue weighted by atomic mass is 35.5. The van der Waals surface area contributed by atoms with Gasteiger partial charge in [0, 0.05) is 15.7 Å². The Morgan fingerprint density at radius 3 is 2.64 bits per heavy atom. The highest BCUT2D eigenvalue weighted by Gasteiger charge is 2.09. The number of nitrogens with zero attached hydrogens (tertiary/aromatic N) is 1. The van der Waals surface area contributed by atoms with Gasteiger partial charge < -0.3 is 5.73 Å². The van der Waals surface area contributed by atoms with E-state index in [1.54, 1.807) is 30.0 Å². The maximum atomic E-state index is 9.18. The third kappa shape index (κ3) is 5.23. The molecule has 0 heterocycles. The van der Waals surface area contributed by atoms with Crippen LogP contribution in [-0.4, -0.2) is 4.99 Å². The van der Waals surface area contributed by atoms with Crippen molar-refractivity contribution in [3.63, 3.8) is 0 Å². The molecule has 0 radical (unpaired) electrons. The zero-order valence-corrected chi connectivity index (χ0v) is 16.9. The van der Waals surface area contributed by atoms with E-state index in [0.717, 1.165) is 32.9 Å². The fraction of sp³-hybridized carbons (Fsp3) is 0.158. The molecule has 25 heavy (non-hydrogen) atoms. The summed E-state index contributed by atoms with van der Waals surface area (Å²) in [6.07, 6.45) is 1.74. The molecule has 0 saturated heterocycles. The molecule has 0 amide bonds. The van der Waals surface area contributed by atoms with Crippen molar-refractivity contribution in [3.05, 3.63) is 68.2 Å². The van der Waals surface area contributed by atoms with Crippen molar-refractivity contribution >= 4 is 58.2 Å². The van der Waals surface area contributed by atoms with Crippen LogP contribution in [-0.2, 0) is 5.75 Å². The van der Waals surface area contributed by atoms with Gasteiger partial charge in [-0.3, -0.25) is 0 Å². The highest BCUT2D eigenvalue weighted by Crippen LogP contribution is 2.33. The minimum Gasteiger partial charge on any atom is -0.389 e. The number of halogens is 2. The largest absolute Gasteiger partial charge is 0.389 e. The molecule has 6 heteroatoms.